The van der Waals surface area contributed by atoms with Gasteiger partial charge in [-0.3, -0.25) is 10.1 Å². The zero-order valence-corrected chi connectivity index (χ0v) is 12.9. The number of hydrogen-bond acceptors (Lipinski definition) is 6. The first-order valence-corrected chi connectivity index (χ1v) is 6.95. The van der Waals surface area contributed by atoms with Crippen molar-refractivity contribution in [2.24, 2.45) is 5.10 Å². The normalized spacial score (nSPS) is 10.7. The third-order valence-electron chi connectivity index (χ3n) is 3.03. The Morgan fingerprint density at radius 2 is 2.17 bits per heavy atom. The smallest absolute Gasteiger partial charge is 0.315 e. The predicted octanol–water partition coefficient (Wildman–Crippen LogP) is 3.09. The molecule has 0 aliphatic carbocycles. The molecule has 0 fully saturated rings. The maximum absolute atomic E-state index is 10.9. The van der Waals surface area contributed by atoms with Crippen molar-refractivity contribution in [1.29, 1.82) is 0 Å². The maximum atomic E-state index is 10.9. The number of hydrogen-bond donors (Lipinski definition) is 2. The van der Waals surface area contributed by atoms with E-state index in [9.17, 15) is 15.2 Å². The van der Waals surface area contributed by atoms with Gasteiger partial charge in [-0.1, -0.05) is 29.8 Å². The third kappa shape index (κ3) is 4.10. The van der Waals surface area contributed by atoms with Crippen molar-refractivity contribution in [3.8, 4) is 11.5 Å². The minimum absolute atomic E-state index is 0.00625. The lowest BCUT2D eigenvalue weighted by atomic mass is 10.2. The Labute approximate surface area is 137 Å². The Bertz CT molecular complexity index is 749. The molecule has 0 atom stereocenters. The van der Waals surface area contributed by atoms with E-state index in [4.69, 9.17) is 16.3 Å². The molecular weight excluding hydrogens is 322 g/mol. The van der Waals surface area contributed by atoms with Crippen LogP contribution in [0.15, 0.2) is 41.5 Å². The molecule has 0 heterocycles. The number of nitro groups is 1. The molecule has 7 nitrogen and oxygen atoms in total. The van der Waals surface area contributed by atoms with Crippen LogP contribution in [0.1, 0.15) is 11.1 Å². The number of nitro benzene ring substituents is 1. The van der Waals surface area contributed by atoms with Crippen molar-refractivity contribution in [3.05, 3.63) is 62.7 Å². The highest BCUT2D eigenvalue weighted by Crippen LogP contribution is 2.36. The highest BCUT2D eigenvalue weighted by molar-refractivity contribution is 6.31. The van der Waals surface area contributed by atoms with Crippen molar-refractivity contribution < 1.29 is 14.8 Å². The van der Waals surface area contributed by atoms with Crippen LogP contribution in [-0.2, 0) is 6.54 Å². The number of ether oxygens (including phenoxy) is 1. The van der Waals surface area contributed by atoms with E-state index in [1.54, 1.807) is 6.07 Å². The number of benzene rings is 2. The minimum atomic E-state index is -0.688. The Kier molecular flexibility index (Phi) is 5.37. The van der Waals surface area contributed by atoms with Crippen molar-refractivity contribution >= 4 is 23.5 Å². The lowest BCUT2D eigenvalue weighted by molar-refractivity contribution is -0.386. The molecule has 0 aliphatic rings. The van der Waals surface area contributed by atoms with Gasteiger partial charge in [0.25, 0.3) is 0 Å². The first-order chi connectivity index (χ1) is 11.0. The Balaban J connectivity index is 2.12. The summed E-state index contributed by atoms with van der Waals surface area (Å²) in [4.78, 5) is 10.2. The minimum Gasteiger partial charge on any atom is -0.500 e. The van der Waals surface area contributed by atoms with Gasteiger partial charge in [0.15, 0.2) is 5.75 Å². The Morgan fingerprint density at radius 1 is 1.43 bits per heavy atom. The molecule has 0 saturated heterocycles. The van der Waals surface area contributed by atoms with Gasteiger partial charge in [0.05, 0.1) is 24.8 Å². The SMILES string of the molecule is COc1cc(/C=N\NCc2ccccc2Cl)cc([N+](=O)[O-])c1O. The highest BCUT2D eigenvalue weighted by Gasteiger charge is 2.19. The summed E-state index contributed by atoms with van der Waals surface area (Å²) in [7, 11) is 1.31. The number of methoxy groups -OCH3 is 1. The molecule has 0 amide bonds. The van der Waals surface area contributed by atoms with Crippen LogP contribution >= 0.6 is 11.6 Å². The van der Waals surface area contributed by atoms with Crippen molar-refractivity contribution in [3.63, 3.8) is 0 Å². The van der Waals surface area contributed by atoms with Gasteiger partial charge >= 0.3 is 5.69 Å². The van der Waals surface area contributed by atoms with E-state index in [1.165, 1.54) is 25.5 Å². The predicted molar refractivity (Wildman–Crippen MR) is 87.2 cm³/mol. The molecule has 8 heteroatoms. The number of halogens is 1. The van der Waals surface area contributed by atoms with Crippen LogP contribution in [0, 0.1) is 10.1 Å². The molecule has 0 bridgehead atoms. The van der Waals surface area contributed by atoms with E-state index in [1.807, 2.05) is 18.2 Å². The summed E-state index contributed by atoms with van der Waals surface area (Å²) < 4.78 is 4.91. The second-order valence-electron chi connectivity index (χ2n) is 4.53. The van der Waals surface area contributed by atoms with Gasteiger partial charge in [0.2, 0.25) is 5.75 Å². The first kappa shape index (κ1) is 16.6. The van der Waals surface area contributed by atoms with Crippen molar-refractivity contribution in [2.75, 3.05) is 7.11 Å². The van der Waals surface area contributed by atoms with Crippen molar-refractivity contribution in [2.45, 2.75) is 6.54 Å². The summed E-state index contributed by atoms with van der Waals surface area (Å²) in [5.74, 6) is -0.509. The molecule has 2 N–H and O–H groups in total. The molecule has 2 aromatic carbocycles. The molecule has 0 radical (unpaired) electrons. The van der Waals surface area contributed by atoms with Gasteiger partial charge in [0, 0.05) is 16.7 Å². The summed E-state index contributed by atoms with van der Waals surface area (Å²) >= 11 is 6.02. The summed E-state index contributed by atoms with van der Waals surface area (Å²) in [5.41, 5.74) is 3.65. The number of phenolic OH excluding ortho intramolecular Hbond substituents is 1. The van der Waals surface area contributed by atoms with Crippen LogP contribution in [0.3, 0.4) is 0 Å². The summed E-state index contributed by atoms with van der Waals surface area (Å²) in [6, 6.07) is 9.98. The lowest BCUT2D eigenvalue weighted by Gasteiger charge is -2.05. The fourth-order valence-corrected chi connectivity index (χ4v) is 2.08. The second kappa shape index (κ2) is 7.46. The lowest BCUT2D eigenvalue weighted by Crippen LogP contribution is -2.06. The number of nitrogens with one attached hydrogen (secondary N) is 1. The number of rotatable bonds is 6. The zero-order valence-electron chi connectivity index (χ0n) is 12.2. The summed E-state index contributed by atoms with van der Waals surface area (Å²) in [6.07, 6.45) is 1.39. The summed E-state index contributed by atoms with van der Waals surface area (Å²) in [5, 5.41) is 25.2. The number of aromatic hydroxyl groups is 1. The van der Waals surface area contributed by atoms with Gasteiger partial charge in [-0.2, -0.15) is 5.10 Å². The van der Waals surface area contributed by atoms with Crippen LogP contribution in [-0.4, -0.2) is 23.4 Å². The molecular formula is C15H14ClN3O4. The zero-order chi connectivity index (χ0) is 16.8. The van der Waals surface area contributed by atoms with Crippen LogP contribution in [0.4, 0.5) is 5.69 Å². The fraction of sp³-hybridized carbons (Fsp3) is 0.133. The average molecular weight is 336 g/mol. The van der Waals surface area contributed by atoms with Crippen LogP contribution < -0.4 is 10.2 Å². The molecule has 0 aliphatic heterocycles. The second-order valence-corrected chi connectivity index (χ2v) is 4.94. The van der Waals surface area contributed by atoms with Crippen LogP contribution in [0.5, 0.6) is 11.5 Å². The Hall–Kier alpha value is -2.80. The average Bonchev–Trinajstić information content (AvgIpc) is 2.54. The van der Waals surface area contributed by atoms with E-state index in [-0.39, 0.29) is 5.75 Å². The molecule has 2 aromatic rings. The van der Waals surface area contributed by atoms with Gasteiger partial charge < -0.3 is 15.3 Å². The fourth-order valence-electron chi connectivity index (χ4n) is 1.88. The largest absolute Gasteiger partial charge is 0.500 e. The monoisotopic (exact) mass is 335 g/mol. The van der Waals surface area contributed by atoms with Gasteiger partial charge in [-0.15, -0.1) is 0 Å². The van der Waals surface area contributed by atoms with Gasteiger partial charge in [-0.05, 0) is 17.7 Å². The third-order valence-corrected chi connectivity index (χ3v) is 3.39. The highest BCUT2D eigenvalue weighted by atomic mass is 35.5. The van der Waals surface area contributed by atoms with Gasteiger partial charge in [0.1, 0.15) is 0 Å². The number of phenols is 1. The molecule has 0 aromatic heterocycles. The van der Waals surface area contributed by atoms with Crippen molar-refractivity contribution in [1.82, 2.24) is 5.43 Å². The molecule has 0 spiro atoms. The van der Waals surface area contributed by atoms with Crippen LogP contribution in [0.25, 0.3) is 0 Å². The summed E-state index contributed by atoms with van der Waals surface area (Å²) in [6.45, 7) is 0.410. The van der Waals surface area contributed by atoms with E-state index in [0.717, 1.165) is 5.56 Å². The molecule has 23 heavy (non-hydrogen) atoms. The van der Waals surface area contributed by atoms with E-state index < -0.39 is 16.4 Å². The van der Waals surface area contributed by atoms with E-state index >= 15 is 0 Å². The standard InChI is InChI=1S/C15H14ClN3O4/c1-23-14-7-10(6-13(15(14)20)19(21)22)8-17-18-9-11-4-2-3-5-12(11)16/h2-8,18,20H,9H2,1H3/b17-8-. The van der Waals surface area contributed by atoms with E-state index in [2.05, 4.69) is 10.5 Å². The molecule has 0 unspecified atom stereocenters. The number of hydrazone groups is 1. The Morgan fingerprint density at radius 3 is 2.83 bits per heavy atom. The quantitative estimate of drug-likeness (QED) is 0.480. The maximum Gasteiger partial charge on any atom is 0.315 e. The topological polar surface area (TPSA) is 97.0 Å². The van der Waals surface area contributed by atoms with E-state index in [0.29, 0.717) is 17.1 Å². The molecule has 0 saturated carbocycles. The number of nitrogens with zero attached hydrogens (tertiary/aromatic N) is 2. The van der Waals surface area contributed by atoms with Gasteiger partial charge in [-0.25, -0.2) is 0 Å². The van der Waals surface area contributed by atoms with Crippen LogP contribution in [0.2, 0.25) is 5.02 Å². The first-order valence-electron chi connectivity index (χ1n) is 6.57. The molecule has 2 rings (SSSR count). The molecule has 120 valence electrons.